The van der Waals surface area contributed by atoms with Gasteiger partial charge in [-0.1, -0.05) is 19.9 Å². The second-order valence-electron chi connectivity index (χ2n) is 8.25. The van der Waals surface area contributed by atoms with Crippen LogP contribution in [0.1, 0.15) is 33.1 Å². The van der Waals surface area contributed by atoms with Gasteiger partial charge in [0.2, 0.25) is 0 Å². The number of aromatic nitrogens is 4. The summed E-state index contributed by atoms with van der Waals surface area (Å²) in [4.78, 5) is 30.2. The van der Waals surface area contributed by atoms with Crippen LogP contribution < -0.4 is 20.7 Å². The third-order valence-corrected chi connectivity index (χ3v) is 5.15. The van der Waals surface area contributed by atoms with Crippen LogP contribution in [-0.2, 0) is 20.1 Å². The van der Waals surface area contributed by atoms with Crippen molar-refractivity contribution in [1.29, 1.82) is 0 Å². The Hall–Kier alpha value is -3.28. The van der Waals surface area contributed by atoms with Crippen molar-refractivity contribution in [2.45, 2.75) is 52.6 Å². The molecule has 3 aromatic rings. The fourth-order valence-electron chi connectivity index (χ4n) is 3.56. The second kappa shape index (κ2) is 10.3. The van der Waals surface area contributed by atoms with Gasteiger partial charge >= 0.3 is 18.1 Å². The summed E-state index contributed by atoms with van der Waals surface area (Å²) in [6.45, 7) is 4.30. The molecule has 0 saturated carbocycles. The van der Waals surface area contributed by atoms with Gasteiger partial charge in [-0.05, 0) is 37.3 Å². The molecule has 0 spiro atoms. The monoisotopic (exact) mass is 484 g/mol. The van der Waals surface area contributed by atoms with Crippen molar-refractivity contribution in [3.8, 4) is 17.5 Å². The molecule has 1 N–H and O–H groups in total. The first kappa shape index (κ1) is 25.3. The number of benzene rings is 1. The highest BCUT2D eigenvalue weighted by Gasteiger charge is 2.31. The third kappa shape index (κ3) is 5.79. The molecule has 0 fully saturated rings. The minimum Gasteiger partial charge on any atom is -0.425 e. The number of aliphatic hydroxyl groups is 1. The summed E-state index contributed by atoms with van der Waals surface area (Å²) < 4.78 is 51.3. The molecule has 2 heterocycles. The van der Waals surface area contributed by atoms with Crippen molar-refractivity contribution in [1.82, 2.24) is 18.7 Å². The molecule has 2 aromatic heterocycles. The average molecular weight is 484 g/mol. The maximum Gasteiger partial charge on any atom is 0.573 e. The van der Waals surface area contributed by atoms with Crippen molar-refractivity contribution >= 4 is 11.2 Å². The van der Waals surface area contributed by atoms with Crippen LogP contribution in [0.25, 0.3) is 11.2 Å². The molecular formula is C22H27F3N4O5. The van der Waals surface area contributed by atoms with Gasteiger partial charge in [0, 0.05) is 32.8 Å². The molecule has 0 aliphatic carbocycles. The van der Waals surface area contributed by atoms with Crippen molar-refractivity contribution in [2.75, 3.05) is 6.61 Å². The predicted octanol–water partition coefficient (Wildman–Crippen LogP) is 3.41. The number of aryl methyl sites for hydroxylation is 2. The minimum atomic E-state index is -4.86. The van der Waals surface area contributed by atoms with Crippen molar-refractivity contribution in [2.24, 2.45) is 13.0 Å². The molecule has 0 amide bonds. The summed E-state index contributed by atoms with van der Waals surface area (Å²) in [6.07, 6.45) is -3.12. The number of alkyl halides is 3. The number of fused-ring (bicyclic) bond motifs is 1. The van der Waals surface area contributed by atoms with Gasteiger partial charge in [0.25, 0.3) is 5.56 Å². The van der Waals surface area contributed by atoms with E-state index in [1.807, 2.05) is 0 Å². The number of halogens is 3. The Balaban J connectivity index is 2.11. The first-order chi connectivity index (χ1) is 16.0. The summed E-state index contributed by atoms with van der Waals surface area (Å²) in [5, 5.41) is 9.13. The van der Waals surface area contributed by atoms with E-state index in [9.17, 15) is 22.8 Å². The number of hydrogen-bond donors (Lipinski definition) is 1. The third-order valence-electron chi connectivity index (χ3n) is 5.15. The highest BCUT2D eigenvalue weighted by atomic mass is 19.4. The van der Waals surface area contributed by atoms with Crippen molar-refractivity contribution < 1.29 is 27.8 Å². The number of ether oxygens (including phenoxy) is 2. The van der Waals surface area contributed by atoms with E-state index in [4.69, 9.17) is 9.84 Å². The van der Waals surface area contributed by atoms with E-state index >= 15 is 0 Å². The van der Waals surface area contributed by atoms with Crippen LogP contribution in [-0.4, -0.2) is 36.8 Å². The fourth-order valence-corrected chi connectivity index (χ4v) is 3.56. The molecule has 3 rings (SSSR count). The van der Waals surface area contributed by atoms with Gasteiger partial charge in [-0.2, -0.15) is 4.98 Å². The van der Waals surface area contributed by atoms with Crippen molar-refractivity contribution in [3.05, 3.63) is 45.1 Å². The van der Waals surface area contributed by atoms with Gasteiger partial charge in [0.15, 0.2) is 11.2 Å². The van der Waals surface area contributed by atoms with Crippen LogP contribution in [0.15, 0.2) is 33.9 Å². The average Bonchev–Trinajstić information content (AvgIpc) is 3.09. The number of imidazole rings is 1. The molecule has 0 aliphatic heterocycles. The van der Waals surface area contributed by atoms with E-state index < -0.39 is 23.4 Å². The lowest BCUT2D eigenvalue weighted by Gasteiger charge is -2.13. The fraction of sp³-hybridized carbons (Fsp3) is 0.500. The Labute approximate surface area is 193 Å². The van der Waals surface area contributed by atoms with E-state index in [1.165, 1.54) is 28.3 Å². The van der Waals surface area contributed by atoms with Gasteiger partial charge in [-0.3, -0.25) is 18.5 Å². The lowest BCUT2D eigenvalue weighted by molar-refractivity contribution is -0.274. The van der Waals surface area contributed by atoms with E-state index in [1.54, 1.807) is 0 Å². The smallest absolute Gasteiger partial charge is 0.425 e. The highest BCUT2D eigenvalue weighted by molar-refractivity contribution is 5.72. The summed E-state index contributed by atoms with van der Waals surface area (Å²) in [6, 6.07) is 4.92. The number of aliphatic hydroxyl groups excluding tert-OH is 1. The Morgan fingerprint density at radius 2 is 1.76 bits per heavy atom. The molecule has 34 heavy (non-hydrogen) atoms. The maximum absolute atomic E-state index is 13.2. The first-order valence-corrected chi connectivity index (χ1v) is 10.9. The molecule has 0 saturated heterocycles. The SMILES string of the molecule is CC(C)CCCn1c(Oc2cccc(OC(F)(F)F)c2)nc2c1c(=O)n(CCCO)c(=O)n2C. The largest absolute Gasteiger partial charge is 0.573 e. The molecule has 0 bridgehead atoms. The summed E-state index contributed by atoms with van der Waals surface area (Å²) in [5.41, 5.74) is -0.934. The molecule has 0 atom stereocenters. The van der Waals surface area contributed by atoms with Gasteiger partial charge in [-0.15, -0.1) is 13.2 Å². The number of nitrogens with zero attached hydrogens (tertiary/aromatic N) is 4. The Bertz CT molecular complexity index is 1260. The zero-order chi connectivity index (χ0) is 25.0. The quantitative estimate of drug-likeness (QED) is 0.474. The minimum absolute atomic E-state index is 0.0211. The normalized spacial score (nSPS) is 12.0. The Morgan fingerprint density at radius 1 is 1.09 bits per heavy atom. The molecular weight excluding hydrogens is 457 g/mol. The van der Waals surface area contributed by atoms with Crippen LogP contribution in [0.3, 0.4) is 0 Å². The number of rotatable bonds is 10. The molecule has 12 heteroatoms. The lowest BCUT2D eigenvalue weighted by Crippen LogP contribution is -2.39. The summed E-state index contributed by atoms with van der Waals surface area (Å²) in [5.74, 6) is -0.0417. The van der Waals surface area contributed by atoms with E-state index in [-0.39, 0.29) is 42.5 Å². The second-order valence-corrected chi connectivity index (χ2v) is 8.25. The van der Waals surface area contributed by atoms with Gasteiger partial charge in [-0.25, -0.2) is 4.79 Å². The van der Waals surface area contributed by atoms with Crippen LogP contribution in [0, 0.1) is 5.92 Å². The predicted molar refractivity (Wildman–Crippen MR) is 118 cm³/mol. The van der Waals surface area contributed by atoms with Gasteiger partial charge < -0.3 is 14.6 Å². The first-order valence-electron chi connectivity index (χ1n) is 10.9. The molecule has 0 unspecified atom stereocenters. The Kier molecular flexibility index (Phi) is 7.70. The highest BCUT2D eigenvalue weighted by Crippen LogP contribution is 2.30. The van der Waals surface area contributed by atoms with E-state index in [0.717, 1.165) is 23.1 Å². The van der Waals surface area contributed by atoms with Crippen LogP contribution >= 0.6 is 0 Å². The van der Waals surface area contributed by atoms with Crippen LogP contribution in [0.5, 0.6) is 17.5 Å². The molecule has 9 nitrogen and oxygen atoms in total. The molecule has 1 aromatic carbocycles. The number of hydrogen-bond acceptors (Lipinski definition) is 6. The molecule has 0 radical (unpaired) electrons. The van der Waals surface area contributed by atoms with E-state index in [2.05, 4.69) is 23.6 Å². The Morgan fingerprint density at radius 3 is 2.41 bits per heavy atom. The van der Waals surface area contributed by atoms with Crippen LogP contribution in [0.2, 0.25) is 0 Å². The molecule has 0 aliphatic rings. The summed E-state index contributed by atoms with van der Waals surface area (Å²) in [7, 11) is 1.46. The summed E-state index contributed by atoms with van der Waals surface area (Å²) >= 11 is 0. The lowest BCUT2D eigenvalue weighted by atomic mass is 10.1. The topological polar surface area (TPSA) is 101 Å². The van der Waals surface area contributed by atoms with E-state index in [0.29, 0.717) is 18.9 Å². The maximum atomic E-state index is 13.2. The standard InChI is InChI=1S/C22H27F3N4O5/c1-14(2)7-5-10-28-17-18(27(3)21(32)29(19(17)31)11-6-12-30)26-20(28)33-15-8-4-9-16(13-15)34-22(23,24)25/h4,8-9,13-14,30H,5-7,10-12H2,1-3H3. The zero-order valence-corrected chi connectivity index (χ0v) is 19.1. The van der Waals surface area contributed by atoms with Gasteiger partial charge in [0.1, 0.15) is 11.5 Å². The zero-order valence-electron chi connectivity index (χ0n) is 19.1. The van der Waals surface area contributed by atoms with Gasteiger partial charge in [0.05, 0.1) is 0 Å². The molecule has 186 valence electrons. The van der Waals surface area contributed by atoms with Crippen molar-refractivity contribution in [3.63, 3.8) is 0 Å². The van der Waals surface area contributed by atoms with Crippen LogP contribution in [0.4, 0.5) is 13.2 Å².